The van der Waals surface area contributed by atoms with Gasteiger partial charge in [0.2, 0.25) is 0 Å². The molecule has 1 aliphatic rings. The molecule has 0 bridgehead atoms. The first kappa shape index (κ1) is 17.3. The van der Waals surface area contributed by atoms with Crippen molar-refractivity contribution in [2.45, 2.75) is 51.6 Å². The van der Waals surface area contributed by atoms with Crippen LogP contribution in [0.1, 0.15) is 39.5 Å². The molecule has 2 atom stereocenters. The summed E-state index contributed by atoms with van der Waals surface area (Å²) in [4.78, 5) is 36.4. The minimum atomic E-state index is -0.923. The molecule has 1 rings (SSSR count). The summed E-state index contributed by atoms with van der Waals surface area (Å²) in [5.41, 5.74) is 0. The van der Waals surface area contributed by atoms with Gasteiger partial charge in [0.15, 0.2) is 0 Å². The third-order valence-electron chi connectivity index (χ3n) is 3.70. The molecule has 0 spiro atoms. The molecule has 7 nitrogen and oxygen atoms in total. The van der Waals surface area contributed by atoms with Crippen LogP contribution in [0.3, 0.4) is 0 Å². The van der Waals surface area contributed by atoms with E-state index in [0.717, 1.165) is 12.8 Å². The number of aliphatic carboxylic acids is 1. The van der Waals surface area contributed by atoms with E-state index in [9.17, 15) is 14.4 Å². The van der Waals surface area contributed by atoms with Crippen LogP contribution in [0, 0.1) is 5.92 Å². The maximum Gasteiger partial charge on any atom is 0.328 e. The number of rotatable bonds is 5. The number of carboxylic acids is 1. The number of likely N-dealkylation sites (tertiary alicyclic amines) is 1. The third kappa shape index (κ3) is 4.91. The second kappa shape index (κ2) is 7.85. The van der Waals surface area contributed by atoms with Crippen LogP contribution in [0.15, 0.2) is 0 Å². The van der Waals surface area contributed by atoms with Gasteiger partial charge in [-0.2, -0.15) is 0 Å². The number of nitrogens with one attached hydrogen (secondary N) is 1. The number of carbonyl (C=O) groups is 3. The number of amides is 2. The van der Waals surface area contributed by atoms with Crippen molar-refractivity contribution in [2.24, 2.45) is 5.92 Å². The van der Waals surface area contributed by atoms with E-state index in [1.165, 1.54) is 12.0 Å². The first-order valence-corrected chi connectivity index (χ1v) is 7.23. The molecule has 2 unspecified atom stereocenters. The zero-order valence-corrected chi connectivity index (χ0v) is 12.8. The van der Waals surface area contributed by atoms with Crippen molar-refractivity contribution in [3.05, 3.63) is 0 Å². The zero-order chi connectivity index (χ0) is 16.0. The average Bonchev–Trinajstić information content (AvgIpc) is 2.43. The fraction of sp³-hybridized carbons (Fsp3) is 0.786. The molecule has 120 valence electrons. The maximum absolute atomic E-state index is 12.3. The summed E-state index contributed by atoms with van der Waals surface area (Å²) >= 11 is 0. The smallest absolute Gasteiger partial charge is 0.328 e. The van der Waals surface area contributed by atoms with Gasteiger partial charge in [-0.25, -0.2) is 9.59 Å². The first-order chi connectivity index (χ1) is 9.86. The SMILES string of the molecule is COC(=O)C(NC(=O)N1CCCCC1CC(=O)O)C(C)C. The Morgan fingerprint density at radius 1 is 1.33 bits per heavy atom. The van der Waals surface area contributed by atoms with Crippen LogP contribution in [0.25, 0.3) is 0 Å². The van der Waals surface area contributed by atoms with Crippen molar-refractivity contribution in [1.29, 1.82) is 0 Å². The maximum atomic E-state index is 12.3. The third-order valence-corrected chi connectivity index (χ3v) is 3.70. The minimum Gasteiger partial charge on any atom is -0.481 e. The van der Waals surface area contributed by atoms with E-state index < -0.39 is 24.0 Å². The van der Waals surface area contributed by atoms with Crippen LogP contribution >= 0.6 is 0 Å². The summed E-state index contributed by atoms with van der Waals surface area (Å²) in [6.45, 7) is 4.13. The molecule has 0 aromatic heterocycles. The lowest BCUT2D eigenvalue weighted by Gasteiger charge is -2.36. The lowest BCUT2D eigenvalue weighted by atomic mass is 9.99. The quantitative estimate of drug-likeness (QED) is 0.744. The predicted octanol–water partition coefficient (Wildman–Crippen LogP) is 1.22. The lowest BCUT2D eigenvalue weighted by Crippen LogP contribution is -2.54. The van der Waals surface area contributed by atoms with Crippen molar-refractivity contribution >= 4 is 18.0 Å². The fourth-order valence-corrected chi connectivity index (χ4v) is 2.52. The monoisotopic (exact) mass is 300 g/mol. The number of carboxylic acid groups (broad SMARTS) is 1. The van der Waals surface area contributed by atoms with Gasteiger partial charge in [0.05, 0.1) is 13.5 Å². The molecule has 1 fully saturated rings. The normalized spacial score (nSPS) is 20.0. The molecule has 0 aromatic carbocycles. The van der Waals surface area contributed by atoms with Gasteiger partial charge in [0.1, 0.15) is 6.04 Å². The molecule has 1 heterocycles. The summed E-state index contributed by atoms with van der Waals surface area (Å²) in [7, 11) is 1.28. The predicted molar refractivity (Wildman–Crippen MR) is 75.8 cm³/mol. The van der Waals surface area contributed by atoms with Crippen LogP contribution in [0.4, 0.5) is 4.79 Å². The number of piperidine rings is 1. The van der Waals surface area contributed by atoms with Crippen molar-refractivity contribution in [1.82, 2.24) is 10.2 Å². The highest BCUT2D eigenvalue weighted by molar-refractivity contribution is 5.84. The summed E-state index contributed by atoms with van der Waals surface area (Å²) in [6, 6.07) is -1.44. The molecule has 2 amide bonds. The van der Waals surface area contributed by atoms with Gasteiger partial charge in [-0.15, -0.1) is 0 Å². The van der Waals surface area contributed by atoms with Gasteiger partial charge in [-0.05, 0) is 25.2 Å². The van der Waals surface area contributed by atoms with E-state index in [1.807, 2.05) is 13.8 Å². The molecular weight excluding hydrogens is 276 g/mol. The number of hydrogen-bond donors (Lipinski definition) is 2. The van der Waals surface area contributed by atoms with Crippen molar-refractivity contribution in [2.75, 3.05) is 13.7 Å². The number of methoxy groups -OCH3 is 1. The van der Waals surface area contributed by atoms with E-state index in [2.05, 4.69) is 10.1 Å². The van der Waals surface area contributed by atoms with Gasteiger partial charge in [-0.3, -0.25) is 4.79 Å². The molecule has 0 radical (unpaired) electrons. The number of hydrogen-bond acceptors (Lipinski definition) is 4. The summed E-state index contributed by atoms with van der Waals surface area (Å²) in [6.07, 6.45) is 2.35. The Morgan fingerprint density at radius 3 is 2.52 bits per heavy atom. The average molecular weight is 300 g/mol. The van der Waals surface area contributed by atoms with Crippen molar-refractivity contribution in [3.8, 4) is 0 Å². The highest BCUT2D eigenvalue weighted by atomic mass is 16.5. The van der Waals surface area contributed by atoms with Crippen LogP contribution in [-0.2, 0) is 14.3 Å². The molecule has 0 aliphatic carbocycles. The largest absolute Gasteiger partial charge is 0.481 e. The Balaban J connectivity index is 2.74. The molecule has 0 saturated carbocycles. The second-order valence-electron chi connectivity index (χ2n) is 5.64. The van der Waals surface area contributed by atoms with Crippen molar-refractivity contribution in [3.63, 3.8) is 0 Å². The van der Waals surface area contributed by atoms with E-state index >= 15 is 0 Å². The fourth-order valence-electron chi connectivity index (χ4n) is 2.52. The highest BCUT2D eigenvalue weighted by Crippen LogP contribution is 2.20. The standard InChI is InChI=1S/C14H24N2O5/c1-9(2)12(13(19)21-3)15-14(20)16-7-5-4-6-10(16)8-11(17)18/h9-10,12H,4-8H2,1-3H3,(H,15,20)(H,17,18). The van der Waals surface area contributed by atoms with E-state index in [-0.39, 0.29) is 18.4 Å². The van der Waals surface area contributed by atoms with Crippen LogP contribution in [-0.4, -0.2) is 53.7 Å². The van der Waals surface area contributed by atoms with E-state index in [1.54, 1.807) is 0 Å². The minimum absolute atomic E-state index is 0.0714. The Hall–Kier alpha value is -1.79. The number of urea groups is 1. The summed E-state index contributed by atoms with van der Waals surface area (Å²) < 4.78 is 4.69. The van der Waals surface area contributed by atoms with Gasteiger partial charge < -0.3 is 20.1 Å². The van der Waals surface area contributed by atoms with Gasteiger partial charge in [-0.1, -0.05) is 13.8 Å². The molecule has 0 aromatic rings. The second-order valence-corrected chi connectivity index (χ2v) is 5.64. The number of ether oxygens (including phenoxy) is 1. The van der Waals surface area contributed by atoms with E-state index in [0.29, 0.717) is 13.0 Å². The molecule has 1 aliphatic heterocycles. The molecule has 21 heavy (non-hydrogen) atoms. The molecule has 1 saturated heterocycles. The topological polar surface area (TPSA) is 95.9 Å². The highest BCUT2D eigenvalue weighted by Gasteiger charge is 2.32. The van der Waals surface area contributed by atoms with Crippen LogP contribution in [0.2, 0.25) is 0 Å². The van der Waals surface area contributed by atoms with Crippen LogP contribution < -0.4 is 5.32 Å². The number of esters is 1. The first-order valence-electron chi connectivity index (χ1n) is 7.23. The van der Waals surface area contributed by atoms with Crippen molar-refractivity contribution < 1.29 is 24.2 Å². The van der Waals surface area contributed by atoms with Gasteiger partial charge in [0, 0.05) is 12.6 Å². The molecule has 7 heteroatoms. The number of nitrogens with zero attached hydrogens (tertiary/aromatic N) is 1. The Labute approximate surface area is 124 Å². The summed E-state index contributed by atoms with van der Waals surface area (Å²) in [5.74, 6) is -1.53. The van der Waals surface area contributed by atoms with Gasteiger partial charge in [0.25, 0.3) is 0 Å². The van der Waals surface area contributed by atoms with Crippen LogP contribution in [0.5, 0.6) is 0 Å². The Morgan fingerprint density at radius 2 is 2.00 bits per heavy atom. The lowest BCUT2D eigenvalue weighted by molar-refractivity contribution is -0.144. The summed E-state index contributed by atoms with van der Waals surface area (Å²) in [5, 5.41) is 11.6. The Bertz CT molecular complexity index is 397. The molecular formula is C14H24N2O5. The van der Waals surface area contributed by atoms with Gasteiger partial charge >= 0.3 is 18.0 Å². The Kier molecular flexibility index (Phi) is 6.45. The zero-order valence-electron chi connectivity index (χ0n) is 12.8. The van der Waals surface area contributed by atoms with E-state index in [4.69, 9.17) is 5.11 Å². The molecule has 2 N–H and O–H groups in total. The number of carbonyl (C=O) groups excluding carboxylic acids is 2.